The first-order valence-electron chi connectivity index (χ1n) is 8.57. The lowest BCUT2D eigenvalue weighted by Gasteiger charge is -2.24. The van der Waals surface area contributed by atoms with E-state index in [9.17, 15) is 5.26 Å². The van der Waals surface area contributed by atoms with E-state index in [2.05, 4.69) is 16.3 Å². The third-order valence-corrected chi connectivity index (χ3v) is 5.62. The Bertz CT molecular complexity index is 1230. The number of nitrogens with one attached hydrogen (secondary N) is 1. The standard InChI is InChI=1S/C20H12Cl2N4O3/c21-12-3-1-9(5-13(12)22)16-11(7-23)19(24)29-20-17(16)18(25-26-20)10-2-4-14-15(6-10)28-8-27-14/h1-6,16H,8,24H2,(H,25,26). The van der Waals surface area contributed by atoms with Gasteiger partial charge in [-0.2, -0.15) is 5.26 Å². The molecule has 3 heterocycles. The first kappa shape index (κ1) is 17.7. The monoisotopic (exact) mass is 426 g/mol. The minimum atomic E-state index is -0.530. The topological polar surface area (TPSA) is 106 Å². The van der Waals surface area contributed by atoms with Gasteiger partial charge in [0.05, 0.1) is 27.2 Å². The van der Waals surface area contributed by atoms with Crippen LogP contribution in [0.3, 0.4) is 0 Å². The maximum atomic E-state index is 9.77. The molecule has 7 nitrogen and oxygen atoms in total. The van der Waals surface area contributed by atoms with Crippen molar-refractivity contribution in [2.75, 3.05) is 6.79 Å². The normalized spacial score (nSPS) is 16.9. The van der Waals surface area contributed by atoms with E-state index in [4.69, 9.17) is 43.1 Å². The van der Waals surface area contributed by atoms with Crippen LogP contribution in [0, 0.1) is 11.3 Å². The highest BCUT2D eigenvalue weighted by molar-refractivity contribution is 6.42. The van der Waals surface area contributed by atoms with E-state index in [1.165, 1.54) is 0 Å². The van der Waals surface area contributed by atoms with Crippen molar-refractivity contribution in [3.8, 4) is 34.7 Å². The minimum Gasteiger partial charge on any atom is -0.454 e. The first-order chi connectivity index (χ1) is 14.1. The number of aromatic amines is 1. The van der Waals surface area contributed by atoms with Crippen LogP contribution >= 0.6 is 23.2 Å². The Hall–Kier alpha value is -3.34. The number of hydrogen-bond acceptors (Lipinski definition) is 6. The fourth-order valence-electron chi connectivity index (χ4n) is 3.54. The van der Waals surface area contributed by atoms with Gasteiger partial charge in [0.2, 0.25) is 18.6 Å². The van der Waals surface area contributed by atoms with Crippen LogP contribution in [0.2, 0.25) is 10.0 Å². The molecule has 1 unspecified atom stereocenters. The highest BCUT2D eigenvalue weighted by Crippen LogP contribution is 2.47. The summed E-state index contributed by atoms with van der Waals surface area (Å²) in [5.74, 6) is 1.06. The average molecular weight is 427 g/mol. The third kappa shape index (κ3) is 2.77. The second-order valence-electron chi connectivity index (χ2n) is 6.48. The smallest absolute Gasteiger partial charge is 0.244 e. The zero-order chi connectivity index (χ0) is 20.1. The van der Waals surface area contributed by atoms with Crippen molar-refractivity contribution in [3.05, 3.63) is 69.0 Å². The number of allylic oxidation sites excluding steroid dienone is 1. The highest BCUT2D eigenvalue weighted by Gasteiger charge is 2.36. The Morgan fingerprint density at radius 2 is 1.93 bits per heavy atom. The molecule has 29 heavy (non-hydrogen) atoms. The van der Waals surface area contributed by atoms with E-state index < -0.39 is 5.92 Å². The van der Waals surface area contributed by atoms with Gasteiger partial charge >= 0.3 is 0 Å². The summed E-state index contributed by atoms with van der Waals surface area (Å²) in [7, 11) is 0. The van der Waals surface area contributed by atoms with Gasteiger partial charge in [0.1, 0.15) is 11.6 Å². The summed E-state index contributed by atoms with van der Waals surface area (Å²) in [6, 6.07) is 12.9. The molecular weight excluding hydrogens is 415 g/mol. The highest BCUT2D eigenvalue weighted by atomic mass is 35.5. The number of benzene rings is 2. The molecule has 0 radical (unpaired) electrons. The van der Waals surface area contributed by atoms with Crippen LogP contribution in [0.4, 0.5) is 0 Å². The van der Waals surface area contributed by atoms with Gasteiger partial charge in [0, 0.05) is 5.56 Å². The number of halogens is 2. The summed E-state index contributed by atoms with van der Waals surface area (Å²) in [4.78, 5) is 0. The van der Waals surface area contributed by atoms with Crippen LogP contribution in [0.5, 0.6) is 17.4 Å². The number of fused-ring (bicyclic) bond motifs is 2. The van der Waals surface area contributed by atoms with Crippen LogP contribution in [0.25, 0.3) is 11.3 Å². The summed E-state index contributed by atoms with van der Waals surface area (Å²) in [6.45, 7) is 0.173. The minimum absolute atomic E-state index is 0.000177. The predicted molar refractivity (Wildman–Crippen MR) is 106 cm³/mol. The van der Waals surface area contributed by atoms with E-state index >= 15 is 0 Å². The summed E-state index contributed by atoms with van der Waals surface area (Å²) < 4.78 is 16.5. The van der Waals surface area contributed by atoms with Crippen LogP contribution in [0.1, 0.15) is 17.0 Å². The lowest BCUT2D eigenvalue weighted by Crippen LogP contribution is -2.21. The summed E-state index contributed by atoms with van der Waals surface area (Å²) in [5, 5.41) is 17.8. The third-order valence-electron chi connectivity index (χ3n) is 4.88. The molecule has 0 saturated heterocycles. The Balaban J connectivity index is 1.71. The number of hydrogen-bond donors (Lipinski definition) is 2. The van der Waals surface area contributed by atoms with E-state index in [1.807, 2.05) is 18.2 Å². The molecule has 1 atom stereocenters. The maximum absolute atomic E-state index is 9.77. The fraction of sp³-hybridized carbons (Fsp3) is 0.100. The SMILES string of the molecule is N#CC1=C(N)Oc2n[nH]c(-c3ccc4c(c3)OCO4)c2C1c1ccc(Cl)c(Cl)c1. The molecule has 0 aliphatic carbocycles. The average Bonchev–Trinajstić information content (AvgIpc) is 3.35. The molecule has 1 aromatic heterocycles. The van der Waals surface area contributed by atoms with Gasteiger partial charge in [-0.3, -0.25) is 5.10 Å². The zero-order valence-electron chi connectivity index (χ0n) is 14.7. The van der Waals surface area contributed by atoms with E-state index in [-0.39, 0.29) is 18.2 Å². The summed E-state index contributed by atoms with van der Waals surface area (Å²) in [6.07, 6.45) is 0. The lowest BCUT2D eigenvalue weighted by atomic mass is 9.83. The number of aromatic nitrogens is 2. The van der Waals surface area contributed by atoms with Crippen molar-refractivity contribution in [2.45, 2.75) is 5.92 Å². The molecule has 144 valence electrons. The maximum Gasteiger partial charge on any atom is 0.244 e. The van der Waals surface area contributed by atoms with Gasteiger partial charge in [-0.05, 0) is 35.9 Å². The van der Waals surface area contributed by atoms with Crippen LogP contribution < -0.4 is 19.9 Å². The molecule has 0 spiro atoms. The zero-order valence-corrected chi connectivity index (χ0v) is 16.2. The van der Waals surface area contributed by atoms with Crippen molar-refractivity contribution < 1.29 is 14.2 Å². The lowest BCUT2D eigenvalue weighted by molar-refractivity contribution is 0.174. The number of nitrogens with zero attached hydrogens (tertiary/aromatic N) is 2. The quantitative estimate of drug-likeness (QED) is 0.631. The molecule has 2 aromatic carbocycles. The largest absolute Gasteiger partial charge is 0.454 e. The number of nitrogens with two attached hydrogens (primary N) is 1. The number of ether oxygens (including phenoxy) is 3. The van der Waals surface area contributed by atoms with Crippen molar-refractivity contribution in [1.29, 1.82) is 5.26 Å². The van der Waals surface area contributed by atoms with Crippen molar-refractivity contribution >= 4 is 23.2 Å². The second-order valence-corrected chi connectivity index (χ2v) is 7.30. The molecule has 3 N–H and O–H groups in total. The molecule has 5 rings (SSSR count). The van der Waals surface area contributed by atoms with Crippen molar-refractivity contribution in [2.24, 2.45) is 5.73 Å². The van der Waals surface area contributed by atoms with Crippen molar-refractivity contribution in [3.63, 3.8) is 0 Å². The van der Waals surface area contributed by atoms with Crippen LogP contribution in [-0.4, -0.2) is 17.0 Å². The summed E-state index contributed by atoms with van der Waals surface area (Å²) >= 11 is 12.3. The number of nitriles is 1. The van der Waals surface area contributed by atoms with Gasteiger partial charge in [-0.25, -0.2) is 0 Å². The van der Waals surface area contributed by atoms with Gasteiger partial charge in [-0.15, -0.1) is 5.10 Å². The van der Waals surface area contributed by atoms with Gasteiger partial charge < -0.3 is 19.9 Å². The molecule has 0 bridgehead atoms. The molecular formula is C20H12Cl2N4O3. The number of rotatable bonds is 2. The Morgan fingerprint density at radius 1 is 1.10 bits per heavy atom. The first-order valence-corrected chi connectivity index (χ1v) is 9.33. The van der Waals surface area contributed by atoms with Gasteiger partial charge in [0.15, 0.2) is 11.5 Å². The van der Waals surface area contributed by atoms with Crippen molar-refractivity contribution in [1.82, 2.24) is 10.2 Å². The molecule has 9 heteroatoms. The molecule has 3 aromatic rings. The Morgan fingerprint density at radius 3 is 2.72 bits per heavy atom. The van der Waals surface area contributed by atoms with Gasteiger partial charge in [0.25, 0.3) is 0 Å². The van der Waals surface area contributed by atoms with E-state index in [0.29, 0.717) is 38.7 Å². The van der Waals surface area contributed by atoms with Crippen LogP contribution in [0.15, 0.2) is 47.9 Å². The van der Waals surface area contributed by atoms with Crippen LogP contribution in [-0.2, 0) is 0 Å². The Labute approximate surface area is 175 Å². The Kier molecular flexibility index (Phi) is 4.05. The molecule has 0 amide bonds. The number of H-pyrrole nitrogens is 1. The van der Waals surface area contributed by atoms with Gasteiger partial charge in [-0.1, -0.05) is 29.3 Å². The van der Waals surface area contributed by atoms with E-state index in [0.717, 1.165) is 11.1 Å². The molecule has 0 fully saturated rings. The fourth-order valence-corrected chi connectivity index (χ4v) is 3.85. The molecule has 2 aliphatic rings. The second kappa shape index (κ2) is 6.62. The predicted octanol–water partition coefficient (Wildman–Crippen LogP) is 4.33. The summed E-state index contributed by atoms with van der Waals surface area (Å²) in [5.41, 5.74) is 9.16. The van der Waals surface area contributed by atoms with E-state index in [1.54, 1.807) is 18.2 Å². The molecule has 2 aliphatic heterocycles. The molecule has 0 saturated carbocycles.